The molecule has 1 N–H and O–H groups in total. The van der Waals surface area contributed by atoms with Gasteiger partial charge in [-0.2, -0.15) is 0 Å². The first-order valence-electron chi connectivity index (χ1n) is 7.50. The zero-order valence-corrected chi connectivity index (χ0v) is 14.0. The lowest BCUT2D eigenvalue weighted by molar-refractivity contribution is -0.123. The summed E-state index contributed by atoms with van der Waals surface area (Å²) in [6.07, 6.45) is 1.68. The van der Waals surface area contributed by atoms with Gasteiger partial charge in [-0.3, -0.25) is 4.79 Å². The Morgan fingerprint density at radius 3 is 2.48 bits per heavy atom. The summed E-state index contributed by atoms with van der Waals surface area (Å²) in [4.78, 5) is 15.8. The maximum Gasteiger partial charge on any atom is 0.278 e. The second-order valence-corrected chi connectivity index (χ2v) is 5.92. The van der Waals surface area contributed by atoms with Crippen LogP contribution in [-0.2, 0) is 11.3 Å². The van der Waals surface area contributed by atoms with E-state index >= 15 is 0 Å². The predicted molar refractivity (Wildman–Crippen MR) is 92.4 cm³/mol. The van der Waals surface area contributed by atoms with Gasteiger partial charge >= 0.3 is 0 Å². The monoisotopic (exact) mass is 358 g/mol. The van der Waals surface area contributed by atoms with Crippen LogP contribution < -0.4 is 14.8 Å². The van der Waals surface area contributed by atoms with Crippen molar-refractivity contribution >= 4 is 17.2 Å². The number of carbonyl (C=O) groups is 1. The lowest BCUT2D eigenvalue weighted by atomic mass is 10.2. The van der Waals surface area contributed by atoms with E-state index in [4.69, 9.17) is 9.47 Å². The summed E-state index contributed by atoms with van der Waals surface area (Å²) >= 11 is 1.42. The van der Waals surface area contributed by atoms with Gasteiger partial charge in [0.05, 0.1) is 0 Å². The SMILES string of the molecule is O=C(COc1ccc(F)cc1)NCc1ccc(Oc2nccs2)cc1. The van der Waals surface area contributed by atoms with Crippen molar-refractivity contribution in [3.05, 3.63) is 71.5 Å². The first-order valence-corrected chi connectivity index (χ1v) is 8.38. The largest absolute Gasteiger partial charge is 0.484 e. The van der Waals surface area contributed by atoms with Gasteiger partial charge in [-0.05, 0) is 42.0 Å². The van der Waals surface area contributed by atoms with E-state index in [1.165, 1.54) is 35.6 Å². The fourth-order valence-corrected chi connectivity index (χ4v) is 2.47. The van der Waals surface area contributed by atoms with Crippen molar-refractivity contribution in [3.8, 4) is 16.7 Å². The molecule has 0 spiro atoms. The first-order chi connectivity index (χ1) is 12.2. The van der Waals surface area contributed by atoms with Crippen LogP contribution in [0, 0.1) is 5.82 Å². The molecule has 1 heterocycles. The minimum Gasteiger partial charge on any atom is -0.484 e. The van der Waals surface area contributed by atoms with Gasteiger partial charge in [0.25, 0.3) is 11.1 Å². The van der Waals surface area contributed by atoms with Gasteiger partial charge in [-0.15, -0.1) is 0 Å². The number of benzene rings is 2. The number of hydrogen-bond acceptors (Lipinski definition) is 5. The van der Waals surface area contributed by atoms with Crippen LogP contribution >= 0.6 is 11.3 Å². The third kappa shape index (κ3) is 5.29. The van der Waals surface area contributed by atoms with Crippen molar-refractivity contribution in [2.24, 2.45) is 0 Å². The molecule has 0 fully saturated rings. The minimum absolute atomic E-state index is 0.128. The quantitative estimate of drug-likeness (QED) is 0.698. The fraction of sp³-hybridized carbons (Fsp3) is 0.111. The Balaban J connectivity index is 1.43. The zero-order chi connectivity index (χ0) is 17.5. The van der Waals surface area contributed by atoms with E-state index in [9.17, 15) is 9.18 Å². The van der Waals surface area contributed by atoms with Crippen molar-refractivity contribution in [2.75, 3.05) is 6.61 Å². The molecule has 0 aliphatic heterocycles. The molecule has 128 valence electrons. The van der Waals surface area contributed by atoms with Crippen LogP contribution in [0.1, 0.15) is 5.56 Å². The van der Waals surface area contributed by atoms with Crippen molar-refractivity contribution < 1.29 is 18.7 Å². The van der Waals surface area contributed by atoms with Gasteiger partial charge in [0.15, 0.2) is 6.61 Å². The van der Waals surface area contributed by atoms with Crippen LogP contribution in [0.3, 0.4) is 0 Å². The van der Waals surface area contributed by atoms with Gasteiger partial charge in [0.1, 0.15) is 17.3 Å². The average Bonchev–Trinajstić information content (AvgIpc) is 3.14. The molecule has 0 aliphatic rings. The summed E-state index contributed by atoms with van der Waals surface area (Å²) in [5.41, 5.74) is 0.932. The molecule has 0 unspecified atom stereocenters. The zero-order valence-electron chi connectivity index (χ0n) is 13.1. The molecule has 0 bridgehead atoms. The summed E-state index contributed by atoms with van der Waals surface area (Å²) in [7, 11) is 0. The molecule has 7 heteroatoms. The Morgan fingerprint density at radius 1 is 1.08 bits per heavy atom. The number of nitrogens with zero attached hydrogens (tertiary/aromatic N) is 1. The van der Waals surface area contributed by atoms with E-state index in [1.807, 2.05) is 29.6 Å². The highest BCUT2D eigenvalue weighted by molar-refractivity contribution is 7.11. The molecule has 5 nitrogen and oxygen atoms in total. The molecule has 0 saturated heterocycles. The van der Waals surface area contributed by atoms with E-state index in [0.717, 1.165) is 5.56 Å². The lowest BCUT2D eigenvalue weighted by Crippen LogP contribution is -2.28. The Labute approximate surface area is 148 Å². The second kappa shape index (κ2) is 8.25. The highest BCUT2D eigenvalue weighted by Gasteiger charge is 2.04. The third-order valence-electron chi connectivity index (χ3n) is 3.21. The van der Waals surface area contributed by atoms with Crippen molar-refractivity contribution in [3.63, 3.8) is 0 Å². The van der Waals surface area contributed by atoms with Gasteiger partial charge < -0.3 is 14.8 Å². The van der Waals surface area contributed by atoms with E-state index in [2.05, 4.69) is 10.3 Å². The second-order valence-electron chi connectivity index (χ2n) is 5.06. The number of amides is 1. The summed E-state index contributed by atoms with van der Waals surface area (Å²) in [5, 5.41) is 5.18. The van der Waals surface area contributed by atoms with Crippen LogP contribution in [0.4, 0.5) is 4.39 Å². The van der Waals surface area contributed by atoms with Gasteiger partial charge in [0.2, 0.25) is 0 Å². The predicted octanol–water partition coefficient (Wildman–Crippen LogP) is 3.77. The molecule has 3 rings (SSSR count). The van der Waals surface area contributed by atoms with Gasteiger partial charge in [-0.25, -0.2) is 9.37 Å². The van der Waals surface area contributed by atoms with Crippen LogP contribution in [0.15, 0.2) is 60.1 Å². The average molecular weight is 358 g/mol. The van der Waals surface area contributed by atoms with Gasteiger partial charge in [0, 0.05) is 18.1 Å². The minimum atomic E-state index is -0.348. The number of carbonyl (C=O) groups excluding carboxylic acids is 1. The topological polar surface area (TPSA) is 60.5 Å². The summed E-state index contributed by atoms with van der Waals surface area (Å²) < 4.78 is 23.6. The highest BCUT2D eigenvalue weighted by atomic mass is 32.1. The Kier molecular flexibility index (Phi) is 5.58. The maximum absolute atomic E-state index is 12.8. The molecule has 0 atom stereocenters. The molecule has 1 amide bonds. The fourth-order valence-electron chi connectivity index (χ4n) is 1.97. The standard InChI is InChI=1S/C18H15FN2O3S/c19-14-3-7-15(8-4-14)23-12-17(22)21-11-13-1-5-16(6-2-13)24-18-20-9-10-25-18/h1-10H,11-12H2,(H,21,22). The number of hydrogen-bond donors (Lipinski definition) is 1. The van der Waals surface area contributed by atoms with Crippen molar-refractivity contribution in [1.29, 1.82) is 0 Å². The smallest absolute Gasteiger partial charge is 0.278 e. The van der Waals surface area contributed by atoms with E-state index in [0.29, 0.717) is 23.2 Å². The summed E-state index contributed by atoms with van der Waals surface area (Å²) in [6, 6.07) is 12.9. The van der Waals surface area contributed by atoms with Crippen LogP contribution in [0.25, 0.3) is 0 Å². The number of aromatic nitrogens is 1. The molecule has 1 aromatic heterocycles. The van der Waals surface area contributed by atoms with Crippen LogP contribution in [0.5, 0.6) is 16.7 Å². The molecule has 2 aromatic carbocycles. The first kappa shape index (κ1) is 16.9. The number of ether oxygens (including phenoxy) is 2. The van der Waals surface area contributed by atoms with E-state index in [-0.39, 0.29) is 18.3 Å². The highest BCUT2D eigenvalue weighted by Crippen LogP contribution is 2.23. The van der Waals surface area contributed by atoms with E-state index in [1.54, 1.807) is 6.20 Å². The normalized spacial score (nSPS) is 10.3. The number of thiazole rings is 1. The molecule has 3 aromatic rings. The summed E-state index contributed by atoms with van der Waals surface area (Å²) in [6.45, 7) is 0.250. The number of rotatable bonds is 7. The maximum atomic E-state index is 12.8. The van der Waals surface area contributed by atoms with Crippen LogP contribution in [-0.4, -0.2) is 17.5 Å². The van der Waals surface area contributed by atoms with Crippen molar-refractivity contribution in [2.45, 2.75) is 6.54 Å². The molecule has 25 heavy (non-hydrogen) atoms. The van der Waals surface area contributed by atoms with Crippen LogP contribution in [0.2, 0.25) is 0 Å². The van der Waals surface area contributed by atoms with Gasteiger partial charge in [-0.1, -0.05) is 23.5 Å². The Hall–Kier alpha value is -2.93. The molecular formula is C18H15FN2O3S. The number of nitrogens with one attached hydrogen (secondary N) is 1. The molecule has 0 radical (unpaired) electrons. The molecule has 0 aliphatic carbocycles. The Morgan fingerprint density at radius 2 is 1.80 bits per heavy atom. The third-order valence-corrected chi connectivity index (χ3v) is 3.86. The van der Waals surface area contributed by atoms with Crippen molar-refractivity contribution in [1.82, 2.24) is 10.3 Å². The Bertz CT molecular complexity index is 805. The molecular weight excluding hydrogens is 343 g/mol. The van der Waals surface area contributed by atoms with E-state index < -0.39 is 0 Å². The number of halogens is 1. The molecule has 0 saturated carbocycles. The summed E-state index contributed by atoms with van der Waals surface area (Å²) in [5.74, 6) is 0.524. The lowest BCUT2D eigenvalue weighted by Gasteiger charge is -2.08.